The first-order valence-corrected chi connectivity index (χ1v) is 8.38. The van der Waals surface area contributed by atoms with Crippen LogP contribution in [0.4, 0.5) is 0 Å². The molecule has 0 saturated carbocycles. The van der Waals surface area contributed by atoms with Gasteiger partial charge in [-0.3, -0.25) is 4.90 Å². The van der Waals surface area contributed by atoms with Crippen LogP contribution in [-0.2, 0) is 19.3 Å². The van der Waals surface area contributed by atoms with Gasteiger partial charge in [0.1, 0.15) is 0 Å². The van der Waals surface area contributed by atoms with Crippen LogP contribution in [0.5, 0.6) is 0 Å². The van der Waals surface area contributed by atoms with Gasteiger partial charge in [0.25, 0.3) is 0 Å². The van der Waals surface area contributed by atoms with Crippen molar-refractivity contribution in [1.82, 2.24) is 4.90 Å². The minimum Gasteiger partial charge on any atom is -0.383 e. The molecular weight excluding hydrogens is 268 g/mol. The molecule has 0 radical (unpaired) electrons. The van der Waals surface area contributed by atoms with Crippen molar-refractivity contribution >= 4 is 9.84 Å². The summed E-state index contributed by atoms with van der Waals surface area (Å²) in [6.07, 6.45) is 0.587. The van der Waals surface area contributed by atoms with Crippen molar-refractivity contribution in [2.45, 2.75) is 24.9 Å². The van der Waals surface area contributed by atoms with Gasteiger partial charge in [0.05, 0.1) is 24.7 Å². The Bertz CT molecular complexity index is 374. The lowest BCUT2D eigenvalue weighted by atomic mass is 9.94. The van der Waals surface area contributed by atoms with E-state index >= 15 is 0 Å². The molecule has 1 saturated heterocycles. The molecule has 114 valence electrons. The van der Waals surface area contributed by atoms with Gasteiger partial charge in [-0.2, -0.15) is 0 Å². The SMILES string of the molecule is COCCN(C(C)COC)C1(CN)CCS(=O)(=O)C1. The van der Waals surface area contributed by atoms with E-state index in [2.05, 4.69) is 4.90 Å². The summed E-state index contributed by atoms with van der Waals surface area (Å²) in [6, 6.07) is 0.108. The number of sulfone groups is 1. The maximum atomic E-state index is 11.8. The quantitative estimate of drug-likeness (QED) is 0.649. The van der Waals surface area contributed by atoms with E-state index < -0.39 is 15.4 Å². The molecule has 0 aliphatic carbocycles. The van der Waals surface area contributed by atoms with E-state index in [0.29, 0.717) is 32.7 Å². The molecular formula is C12H26N2O4S. The third-order valence-electron chi connectivity index (χ3n) is 3.83. The number of rotatable bonds is 8. The van der Waals surface area contributed by atoms with E-state index in [1.54, 1.807) is 14.2 Å². The van der Waals surface area contributed by atoms with Gasteiger partial charge < -0.3 is 15.2 Å². The molecule has 6 nitrogen and oxygen atoms in total. The molecule has 1 aliphatic rings. The molecule has 2 unspecified atom stereocenters. The van der Waals surface area contributed by atoms with Gasteiger partial charge >= 0.3 is 0 Å². The van der Waals surface area contributed by atoms with Gasteiger partial charge in [0, 0.05) is 38.9 Å². The Kier molecular flexibility index (Phi) is 6.19. The zero-order valence-electron chi connectivity index (χ0n) is 12.1. The van der Waals surface area contributed by atoms with Crippen LogP contribution in [0.1, 0.15) is 13.3 Å². The Morgan fingerprint density at radius 2 is 2.05 bits per heavy atom. The third kappa shape index (κ3) is 4.13. The molecule has 0 amide bonds. The van der Waals surface area contributed by atoms with Crippen LogP contribution < -0.4 is 5.73 Å². The molecule has 1 fully saturated rings. The summed E-state index contributed by atoms with van der Waals surface area (Å²) in [6.45, 7) is 4.13. The van der Waals surface area contributed by atoms with E-state index in [-0.39, 0.29) is 17.5 Å². The highest BCUT2D eigenvalue weighted by Gasteiger charge is 2.46. The lowest BCUT2D eigenvalue weighted by molar-refractivity contribution is 0.0108. The Balaban J connectivity index is 2.92. The average Bonchev–Trinajstić information content (AvgIpc) is 2.67. The molecule has 1 heterocycles. The van der Waals surface area contributed by atoms with E-state index in [0.717, 1.165) is 0 Å². The van der Waals surface area contributed by atoms with Crippen molar-refractivity contribution < 1.29 is 17.9 Å². The van der Waals surface area contributed by atoms with Crippen molar-refractivity contribution in [1.29, 1.82) is 0 Å². The van der Waals surface area contributed by atoms with E-state index in [1.165, 1.54) is 0 Å². The number of ether oxygens (including phenoxy) is 2. The lowest BCUT2D eigenvalue weighted by Gasteiger charge is -2.43. The summed E-state index contributed by atoms with van der Waals surface area (Å²) in [5.41, 5.74) is 5.43. The first-order chi connectivity index (χ1) is 8.90. The molecule has 0 spiro atoms. The molecule has 1 rings (SSSR count). The number of hydrogen-bond acceptors (Lipinski definition) is 6. The first-order valence-electron chi connectivity index (χ1n) is 6.56. The zero-order valence-corrected chi connectivity index (χ0v) is 12.9. The minimum absolute atomic E-state index is 0.108. The molecule has 2 N–H and O–H groups in total. The minimum atomic E-state index is -2.99. The molecule has 2 atom stereocenters. The van der Waals surface area contributed by atoms with Crippen LogP contribution >= 0.6 is 0 Å². The standard InChI is InChI=1S/C12H26N2O4S/c1-11(8-18-3)14(5-6-17-2)12(9-13)4-7-19(15,16)10-12/h11H,4-10,13H2,1-3H3. The van der Waals surface area contributed by atoms with E-state index in [1.807, 2.05) is 6.92 Å². The van der Waals surface area contributed by atoms with Crippen LogP contribution in [0.3, 0.4) is 0 Å². The topological polar surface area (TPSA) is 81.9 Å². The summed E-state index contributed by atoms with van der Waals surface area (Å²) in [7, 11) is 0.295. The Morgan fingerprint density at radius 1 is 1.37 bits per heavy atom. The molecule has 0 aromatic rings. The van der Waals surface area contributed by atoms with E-state index in [9.17, 15) is 8.42 Å². The van der Waals surface area contributed by atoms with Crippen LogP contribution in [0.15, 0.2) is 0 Å². The van der Waals surface area contributed by atoms with Crippen LogP contribution in [0, 0.1) is 0 Å². The average molecular weight is 294 g/mol. The largest absolute Gasteiger partial charge is 0.383 e. The van der Waals surface area contributed by atoms with Crippen molar-refractivity contribution in [3.05, 3.63) is 0 Å². The lowest BCUT2D eigenvalue weighted by Crippen LogP contribution is -2.59. The Labute approximate surface area is 116 Å². The predicted molar refractivity (Wildman–Crippen MR) is 75.0 cm³/mol. The normalized spacial score (nSPS) is 27.8. The van der Waals surface area contributed by atoms with Crippen molar-refractivity contribution in [2.24, 2.45) is 5.73 Å². The summed E-state index contributed by atoms with van der Waals surface area (Å²) >= 11 is 0. The predicted octanol–water partition coefficient (Wildman–Crippen LogP) is -0.514. The van der Waals surface area contributed by atoms with E-state index in [4.69, 9.17) is 15.2 Å². The smallest absolute Gasteiger partial charge is 0.152 e. The van der Waals surface area contributed by atoms with Crippen LogP contribution in [0.2, 0.25) is 0 Å². The first kappa shape index (κ1) is 16.8. The Morgan fingerprint density at radius 3 is 2.47 bits per heavy atom. The summed E-state index contributed by atoms with van der Waals surface area (Å²) in [4.78, 5) is 2.14. The fourth-order valence-electron chi connectivity index (χ4n) is 2.85. The summed E-state index contributed by atoms with van der Waals surface area (Å²) < 4.78 is 34.0. The van der Waals surface area contributed by atoms with Gasteiger partial charge in [0.2, 0.25) is 0 Å². The molecule has 19 heavy (non-hydrogen) atoms. The van der Waals surface area contributed by atoms with Gasteiger partial charge in [-0.1, -0.05) is 0 Å². The maximum absolute atomic E-state index is 11.8. The van der Waals surface area contributed by atoms with Crippen molar-refractivity contribution in [3.63, 3.8) is 0 Å². The van der Waals surface area contributed by atoms with Crippen LogP contribution in [-0.4, -0.2) is 76.9 Å². The molecule has 0 bridgehead atoms. The molecule has 7 heteroatoms. The second-order valence-corrected chi connectivity index (χ2v) is 7.45. The molecule has 1 aliphatic heterocycles. The molecule has 0 aromatic carbocycles. The van der Waals surface area contributed by atoms with Crippen molar-refractivity contribution in [2.75, 3.05) is 52.0 Å². The zero-order chi connectivity index (χ0) is 14.5. The Hall–Kier alpha value is -0.210. The number of hydrogen-bond donors (Lipinski definition) is 1. The fraction of sp³-hybridized carbons (Fsp3) is 1.00. The van der Waals surface area contributed by atoms with Crippen molar-refractivity contribution in [3.8, 4) is 0 Å². The highest BCUT2D eigenvalue weighted by atomic mass is 32.2. The number of nitrogens with two attached hydrogens (primary N) is 1. The number of methoxy groups -OCH3 is 2. The second kappa shape index (κ2) is 6.99. The summed E-state index contributed by atoms with van der Waals surface area (Å²) in [5.74, 6) is 0.349. The highest BCUT2D eigenvalue weighted by molar-refractivity contribution is 7.91. The monoisotopic (exact) mass is 294 g/mol. The van der Waals surface area contributed by atoms with Gasteiger partial charge in [-0.15, -0.1) is 0 Å². The van der Waals surface area contributed by atoms with Crippen LogP contribution in [0.25, 0.3) is 0 Å². The number of nitrogens with zero attached hydrogens (tertiary/aromatic N) is 1. The van der Waals surface area contributed by atoms with Gasteiger partial charge in [0.15, 0.2) is 9.84 Å². The third-order valence-corrected chi connectivity index (χ3v) is 5.64. The fourth-order valence-corrected chi connectivity index (χ4v) is 4.93. The van der Waals surface area contributed by atoms with Gasteiger partial charge in [-0.05, 0) is 13.3 Å². The highest BCUT2D eigenvalue weighted by Crippen LogP contribution is 2.30. The van der Waals surface area contributed by atoms with Gasteiger partial charge in [-0.25, -0.2) is 8.42 Å². The maximum Gasteiger partial charge on any atom is 0.152 e. The summed E-state index contributed by atoms with van der Waals surface area (Å²) in [5, 5.41) is 0. The molecule has 0 aromatic heterocycles. The second-order valence-electron chi connectivity index (χ2n) is 5.26.